The van der Waals surface area contributed by atoms with E-state index in [1.54, 1.807) is 24.3 Å². The quantitative estimate of drug-likeness (QED) is 0.491. The van der Waals surface area contributed by atoms with Crippen LogP contribution in [0.5, 0.6) is 5.75 Å². The third kappa shape index (κ3) is 6.49. The summed E-state index contributed by atoms with van der Waals surface area (Å²) in [7, 11) is -3.58. The number of hydrogen-bond donors (Lipinski definition) is 3. The second-order valence-corrected chi connectivity index (χ2v) is 11.0. The topological polar surface area (TPSA) is 140 Å². The van der Waals surface area contributed by atoms with Gasteiger partial charge in [0.15, 0.2) is 20.3 Å². The van der Waals surface area contributed by atoms with E-state index < -0.39 is 27.0 Å². The molecule has 0 aliphatic carbocycles. The van der Waals surface area contributed by atoms with Gasteiger partial charge in [-0.3, -0.25) is 14.9 Å². The van der Waals surface area contributed by atoms with Crippen LogP contribution in [0.1, 0.15) is 24.9 Å². The van der Waals surface area contributed by atoms with Crippen LogP contribution in [0.25, 0.3) is 0 Å². The molecule has 0 radical (unpaired) electrons. The second-order valence-electron chi connectivity index (χ2n) is 6.54. The minimum absolute atomic E-state index is 0.0375. The SMILES string of the molecule is CC(C)COc1ccccc1NC(=O)C(=O)Nc1nc(C(N)S(C)(=O)=O)c(Br)s1. The number of anilines is 2. The fourth-order valence-electron chi connectivity index (χ4n) is 2.03. The molecule has 2 aromatic rings. The maximum absolute atomic E-state index is 12.3. The molecule has 12 heteroatoms. The van der Waals surface area contributed by atoms with Crippen molar-refractivity contribution < 1.29 is 22.7 Å². The molecule has 0 saturated heterocycles. The average Bonchev–Trinajstić information content (AvgIpc) is 2.99. The van der Waals surface area contributed by atoms with Crippen LogP contribution in [0.4, 0.5) is 10.8 Å². The van der Waals surface area contributed by atoms with Crippen LogP contribution in [0.3, 0.4) is 0 Å². The molecule has 158 valence electrons. The number of halogens is 1. The third-order valence-electron chi connectivity index (χ3n) is 3.47. The first-order valence-corrected chi connectivity index (χ1v) is 12.0. The molecular formula is C17H21BrN4O5S2. The Balaban J connectivity index is 2.08. The molecule has 0 aliphatic rings. The van der Waals surface area contributed by atoms with Crippen LogP contribution in [-0.2, 0) is 19.4 Å². The number of nitrogens with zero attached hydrogens (tertiary/aromatic N) is 1. The number of aromatic nitrogens is 1. The van der Waals surface area contributed by atoms with Gasteiger partial charge in [0.05, 0.1) is 16.1 Å². The van der Waals surface area contributed by atoms with Crippen LogP contribution in [0, 0.1) is 5.92 Å². The molecule has 1 aromatic heterocycles. The monoisotopic (exact) mass is 504 g/mol. The van der Waals surface area contributed by atoms with Gasteiger partial charge in [-0.25, -0.2) is 13.4 Å². The first-order valence-electron chi connectivity index (χ1n) is 8.44. The largest absolute Gasteiger partial charge is 0.491 e. The van der Waals surface area contributed by atoms with Crippen LogP contribution >= 0.6 is 27.3 Å². The number of benzene rings is 1. The summed E-state index contributed by atoms with van der Waals surface area (Å²) < 4.78 is 29.2. The van der Waals surface area contributed by atoms with Crippen LogP contribution in [0.15, 0.2) is 28.1 Å². The summed E-state index contributed by atoms with van der Waals surface area (Å²) in [5.41, 5.74) is 6.08. The van der Waals surface area contributed by atoms with Gasteiger partial charge >= 0.3 is 11.8 Å². The highest BCUT2D eigenvalue weighted by atomic mass is 79.9. The van der Waals surface area contributed by atoms with E-state index in [1.807, 2.05) is 13.8 Å². The minimum atomic E-state index is -3.58. The van der Waals surface area contributed by atoms with Crippen molar-refractivity contribution in [1.82, 2.24) is 4.98 Å². The molecule has 1 heterocycles. The molecule has 29 heavy (non-hydrogen) atoms. The molecular weight excluding hydrogens is 484 g/mol. The molecule has 0 fully saturated rings. The lowest BCUT2D eigenvalue weighted by molar-refractivity contribution is -0.133. The van der Waals surface area contributed by atoms with Crippen molar-refractivity contribution in [1.29, 1.82) is 0 Å². The summed E-state index contributed by atoms with van der Waals surface area (Å²) in [6.07, 6.45) is 0.980. The van der Waals surface area contributed by atoms with Crippen LogP contribution in [0.2, 0.25) is 0 Å². The predicted molar refractivity (Wildman–Crippen MR) is 116 cm³/mol. The standard InChI is InChI=1S/C17H21BrN4O5S2/c1-9(2)8-27-11-7-5-4-6-10(11)20-15(23)16(24)22-17-21-12(13(18)28-17)14(19)29(3,25)26/h4-7,9,14H,8,19H2,1-3H3,(H,20,23)(H,21,22,24). The van der Waals surface area contributed by atoms with Crippen molar-refractivity contribution in [2.45, 2.75) is 19.2 Å². The van der Waals surface area contributed by atoms with Gasteiger partial charge in [0, 0.05) is 6.26 Å². The Kier molecular flexibility index (Phi) is 7.74. The molecule has 0 spiro atoms. The van der Waals surface area contributed by atoms with Gasteiger partial charge in [0.2, 0.25) is 0 Å². The smallest absolute Gasteiger partial charge is 0.315 e. The van der Waals surface area contributed by atoms with E-state index in [1.165, 1.54) is 0 Å². The third-order valence-corrected chi connectivity index (χ3v) is 6.29. The van der Waals surface area contributed by atoms with Crippen molar-refractivity contribution in [3.05, 3.63) is 33.7 Å². The number of carbonyl (C=O) groups is 2. The Morgan fingerprint density at radius 1 is 1.24 bits per heavy atom. The first-order chi connectivity index (χ1) is 13.5. The van der Waals surface area contributed by atoms with Crippen molar-refractivity contribution >= 4 is 59.7 Å². The molecule has 1 atom stereocenters. The average molecular weight is 505 g/mol. The Labute approximate surface area is 181 Å². The summed E-state index contributed by atoms with van der Waals surface area (Å²) in [6, 6.07) is 6.76. The normalized spacial score (nSPS) is 12.5. The summed E-state index contributed by atoms with van der Waals surface area (Å²) in [5.74, 6) is -1.16. The van der Waals surface area contributed by atoms with E-state index in [0.717, 1.165) is 17.6 Å². The van der Waals surface area contributed by atoms with E-state index in [2.05, 4.69) is 31.5 Å². The summed E-state index contributed by atoms with van der Waals surface area (Å²) in [6.45, 7) is 4.44. The maximum Gasteiger partial charge on any atom is 0.315 e. The number of carbonyl (C=O) groups excluding carboxylic acids is 2. The molecule has 1 aromatic carbocycles. The highest BCUT2D eigenvalue weighted by Gasteiger charge is 2.26. The molecule has 9 nitrogen and oxygen atoms in total. The Morgan fingerprint density at radius 2 is 1.86 bits per heavy atom. The molecule has 0 saturated carbocycles. The van der Waals surface area contributed by atoms with Crippen LogP contribution in [-0.4, -0.2) is 38.1 Å². The number of para-hydroxylation sites is 2. The molecule has 0 aliphatic heterocycles. The molecule has 1 unspecified atom stereocenters. The summed E-state index contributed by atoms with van der Waals surface area (Å²) in [4.78, 5) is 28.5. The number of sulfone groups is 1. The molecule has 0 bridgehead atoms. The van der Waals surface area contributed by atoms with Crippen LogP contribution < -0.4 is 21.1 Å². The lowest BCUT2D eigenvalue weighted by Gasteiger charge is -2.13. The number of rotatable bonds is 7. The van der Waals surface area contributed by atoms with Crippen molar-refractivity contribution in [3.8, 4) is 5.75 Å². The van der Waals surface area contributed by atoms with Gasteiger partial charge in [-0.15, -0.1) is 0 Å². The lowest BCUT2D eigenvalue weighted by atomic mass is 10.2. The predicted octanol–water partition coefficient (Wildman–Crippen LogP) is 2.52. The fraction of sp³-hybridized carbons (Fsp3) is 0.353. The zero-order chi connectivity index (χ0) is 21.8. The van der Waals surface area contributed by atoms with Gasteiger partial charge in [0.25, 0.3) is 0 Å². The highest BCUT2D eigenvalue weighted by Crippen LogP contribution is 2.33. The van der Waals surface area contributed by atoms with E-state index in [9.17, 15) is 18.0 Å². The molecule has 2 amide bonds. The van der Waals surface area contributed by atoms with Crippen molar-refractivity contribution in [2.24, 2.45) is 11.7 Å². The van der Waals surface area contributed by atoms with E-state index in [0.29, 0.717) is 21.8 Å². The minimum Gasteiger partial charge on any atom is -0.491 e. The van der Waals surface area contributed by atoms with Gasteiger partial charge in [0.1, 0.15) is 11.4 Å². The van der Waals surface area contributed by atoms with E-state index in [4.69, 9.17) is 10.5 Å². The van der Waals surface area contributed by atoms with Gasteiger partial charge in [-0.2, -0.15) is 0 Å². The number of hydrogen-bond acceptors (Lipinski definition) is 8. The number of amides is 2. The summed E-state index contributed by atoms with van der Waals surface area (Å²) in [5, 5.41) is 3.51. The van der Waals surface area contributed by atoms with Crippen molar-refractivity contribution in [3.63, 3.8) is 0 Å². The van der Waals surface area contributed by atoms with Gasteiger partial charge in [-0.05, 0) is 34.0 Å². The zero-order valence-electron chi connectivity index (χ0n) is 15.9. The Bertz CT molecular complexity index is 1010. The van der Waals surface area contributed by atoms with Gasteiger partial charge in [-0.1, -0.05) is 37.3 Å². The maximum atomic E-state index is 12.3. The first kappa shape index (κ1) is 23.3. The van der Waals surface area contributed by atoms with Gasteiger partial charge < -0.3 is 15.8 Å². The fourth-order valence-corrected chi connectivity index (χ4v) is 4.36. The zero-order valence-corrected chi connectivity index (χ0v) is 19.2. The number of thiazole rings is 1. The number of nitrogens with one attached hydrogen (secondary N) is 2. The van der Waals surface area contributed by atoms with Crippen molar-refractivity contribution in [2.75, 3.05) is 23.5 Å². The summed E-state index contributed by atoms with van der Waals surface area (Å²) >= 11 is 4.12. The van der Waals surface area contributed by atoms with E-state index in [-0.39, 0.29) is 16.7 Å². The lowest BCUT2D eigenvalue weighted by Crippen LogP contribution is -2.29. The van der Waals surface area contributed by atoms with E-state index >= 15 is 0 Å². The highest BCUT2D eigenvalue weighted by molar-refractivity contribution is 9.11. The molecule has 2 rings (SSSR count). The Hall–Kier alpha value is -2.02. The number of ether oxygens (including phenoxy) is 1. The Morgan fingerprint density at radius 3 is 2.48 bits per heavy atom. The molecule has 4 N–H and O–H groups in total. The second kappa shape index (κ2) is 9.65. The number of nitrogens with two attached hydrogens (primary N) is 1.